The number of carbonyl (C=O) groups excluding carboxylic acids is 1. The van der Waals surface area contributed by atoms with E-state index in [9.17, 15) is 61.0 Å². The summed E-state index contributed by atoms with van der Waals surface area (Å²) in [6.45, 7) is 1.68. The first-order chi connectivity index (χ1) is 40.3. The molecule has 0 aromatic heterocycles. The minimum absolute atomic E-state index is 0.231. The molecule has 83 heavy (non-hydrogen) atoms. The summed E-state index contributed by atoms with van der Waals surface area (Å²) >= 11 is 0. The molecular formula is C64H115NO18. The fraction of sp³-hybridized carbons (Fsp3) is 0.859. The summed E-state index contributed by atoms with van der Waals surface area (Å²) in [5.74, 6) is -0.291. The predicted octanol–water partition coefficient (Wildman–Crippen LogP) is 7.04. The molecule has 3 aliphatic heterocycles. The van der Waals surface area contributed by atoms with Crippen LogP contribution in [0.4, 0.5) is 0 Å². The van der Waals surface area contributed by atoms with Gasteiger partial charge >= 0.3 is 0 Å². The molecule has 17 unspecified atom stereocenters. The van der Waals surface area contributed by atoms with E-state index in [0.29, 0.717) is 12.8 Å². The van der Waals surface area contributed by atoms with Crippen LogP contribution in [0.1, 0.15) is 219 Å². The Morgan fingerprint density at radius 3 is 1.20 bits per heavy atom. The third kappa shape index (κ3) is 30.0. The van der Waals surface area contributed by atoms with E-state index >= 15 is 0 Å². The number of allylic oxidation sites excluding steroid dienone is 7. The average Bonchev–Trinajstić information content (AvgIpc) is 3.31. The molecule has 0 radical (unpaired) electrons. The SMILES string of the molecule is CCCCCCC/C=C/CC/C=C/CC/C=C/C(O)C(COC1OC(CO)C(OC2OC(CO)C(OC3OC(CO)C(O)C(O)C3O)C(O)C2O)C(O)C1O)NC(=O)CCCCCCCCCCCCC/C=C\CCCCCCCCCC. The zero-order valence-electron chi connectivity index (χ0n) is 50.7. The predicted molar refractivity (Wildman–Crippen MR) is 319 cm³/mol. The average molecular weight is 1190 g/mol. The molecule has 3 heterocycles. The molecule has 1 amide bonds. The quantitative estimate of drug-likeness (QED) is 0.0215. The Kier molecular flexibility index (Phi) is 42.3. The summed E-state index contributed by atoms with van der Waals surface area (Å²) in [5, 5.41) is 120. The van der Waals surface area contributed by atoms with E-state index in [1.165, 1.54) is 141 Å². The van der Waals surface area contributed by atoms with E-state index in [1.54, 1.807) is 6.08 Å². The lowest BCUT2D eigenvalue weighted by Crippen LogP contribution is -2.66. The number of rotatable bonds is 48. The second kappa shape index (κ2) is 46.8. The first-order valence-corrected chi connectivity index (χ1v) is 32.4. The Morgan fingerprint density at radius 1 is 0.422 bits per heavy atom. The fourth-order valence-corrected chi connectivity index (χ4v) is 10.7. The van der Waals surface area contributed by atoms with E-state index in [1.807, 2.05) is 6.08 Å². The fourth-order valence-electron chi connectivity index (χ4n) is 10.7. The van der Waals surface area contributed by atoms with Gasteiger partial charge in [0.25, 0.3) is 0 Å². The molecule has 3 aliphatic rings. The first-order valence-electron chi connectivity index (χ1n) is 32.4. The van der Waals surface area contributed by atoms with Crippen LogP contribution in [0.25, 0.3) is 0 Å². The summed E-state index contributed by atoms with van der Waals surface area (Å²) in [6, 6.07) is -0.996. The smallest absolute Gasteiger partial charge is 0.220 e. The standard InChI is InChI=1S/C64H115NO18/c1-3-5-7-9-11-13-15-17-19-20-21-22-23-24-25-26-28-30-32-34-36-38-40-42-52(70)65-47(48(69)41-39-37-35-33-31-29-27-18-16-14-12-10-8-6-4-2)46-78-62-58(76)55(73)60(50(44-67)80-62)83-64-59(77)56(74)61(51(45-68)81-64)82-63-57(75)54(72)53(71)49(43-66)79-63/h16,18,20-21,31,33,39,41,47-51,53-64,66-69,71-77H,3-15,17,19,22-30,32,34-38,40,42-46H2,1-2H3,(H,65,70)/b18-16+,21-20-,33-31+,41-39+. The van der Waals surface area contributed by atoms with Crippen LogP contribution in [0.5, 0.6) is 0 Å². The van der Waals surface area contributed by atoms with E-state index in [-0.39, 0.29) is 18.9 Å². The Balaban J connectivity index is 1.47. The lowest BCUT2D eigenvalue weighted by Gasteiger charge is -2.48. The number of hydrogen-bond donors (Lipinski definition) is 12. The highest BCUT2D eigenvalue weighted by Crippen LogP contribution is 2.33. The van der Waals surface area contributed by atoms with E-state index in [2.05, 4.69) is 55.6 Å². The number of aliphatic hydroxyl groups excluding tert-OH is 11. The van der Waals surface area contributed by atoms with Gasteiger partial charge in [-0.15, -0.1) is 0 Å². The molecule has 3 saturated heterocycles. The van der Waals surface area contributed by atoms with Crippen molar-refractivity contribution in [2.75, 3.05) is 26.4 Å². The highest BCUT2D eigenvalue weighted by atomic mass is 16.8. The van der Waals surface area contributed by atoms with Crippen molar-refractivity contribution in [1.82, 2.24) is 5.32 Å². The van der Waals surface area contributed by atoms with Crippen LogP contribution in [-0.4, -0.2) is 193 Å². The Bertz CT molecular complexity index is 1700. The van der Waals surface area contributed by atoms with Gasteiger partial charge < -0.3 is 89.9 Å². The molecule has 0 bridgehead atoms. The van der Waals surface area contributed by atoms with Crippen molar-refractivity contribution >= 4 is 5.91 Å². The third-order valence-corrected chi connectivity index (χ3v) is 16.1. The van der Waals surface area contributed by atoms with Gasteiger partial charge in [-0.3, -0.25) is 4.79 Å². The van der Waals surface area contributed by atoms with Gasteiger partial charge in [0.2, 0.25) is 5.91 Å². The maximum atomic E-state index is 13.4. The van der Waals surface area contributed by atoms with Crippen molar-refractivity contribution in [3.8, 4) is 0 Å². The van der Waals surface area contributed by atoms with E-state index in [0.717, 1.165) is 44.9 Å². The summed E-state index contributed by atoms with van der Waals surface area (Å²) in [5.41, 5.74) is 0. The molecule has 484 valence electrons. The summed E-state index contributed by atoms with van der Waals surface area (Å²) < 4.78 is 34.2. The zero-order valence-corrected chi connectivity index (χ0v) is 50.7. The van der Waals surface area contributed by atoms with Crippen molar-refractivity contribution in [3.05, 3.63) is 48.6 Å². The monoisotopic (exact) mass is 1190 g/mol. The van der Waals surface area contributed by atoms with Crippen LogP contribution in [-0.2, 0) is 33.2 Å². The lowest BCUT2D eigenvalue weighted by molar-refractivity contribution is -0.379. The van der Waals surface area contributed by atoms with Crippen molar-refractivity contribution in [3.63, 3.8) is 0 Å². The maximum absolute atomic E-state index is 13.4. The molecule has 3 fully saturated rings. The van der Waals surface area contributed by atoms with Crippen LogP contribution in [0.15, 0.2) is 48.6 Å². The minimum atomic E-state index is -1.98. The number of amides is 1. The molecule has 0 aliphatic carbocycles. The molecule has 17 atom stereocenters. The van der Waals surface area contributed by atoms with Crippen molar-refractivity contribution in [2.45, 2.75) is 324 Å². The molecule has 19 heteroatoms. The van der Waals surface area contributed by atoms with Gasteiger partial charge in [0.15, 0.2) is 18.9 Å². The maximum Gasteiger partial charge on any atom is 0.220 e. The molecule has 12 N–H and O–H groups in total. The van der Waals surface area contributed by atoms with Crippen molar-refractivity contribution in [1.29, 1.82) is 0 Å². The summed E-state index contributed by atoms with van der Waals surface area (Å²) in [4.78, 5) is 13.4. The van der Waals surface area contributed by atoms with Gasteiger partial charge in [-0.25, -0.2) is 0 Å². The summed E-state index contributed by atoms with van der Waals surface area (Å²) in [7, 11) is 0. The lowest BCUT2D eigenvalue weighted by atomic mass is 9.96. The van der Waals surface area contributed by atoms with Gasteiger partial charge in [-0.2, -0.15) is 0 Å². The van der Waals surface area contributed by atoms with Crippen molar-refractivity contribution < 1.29 is 89.4 Å². The van der Waals surface area contributed by atoms with Crippen molar-refractivity contribution in [2.24, 2.45) is 0 Å². The molecule has 3 rings (SSSR count). The number of ether oxygens (including phenoxy) is 6. The topological polar surface area (TPSA) is 307 Å². The van der Waals surface area contributed by atoms with Gasteiger partial charge in [-0.05, 0) is 70.6 Å². The molecular weight excluding hydrogens is 1070 g/mol. The highest BCUT2D eigenvalue weighted by molar-refractivity contribution is 5.76. The van der Waals surface area contributed by atoms with Crippen LogP contribution < -0.4 is 5.32 Å². The second-order valence-corrected chi connectivity index (χ2v) is 23.2. The number of aliphatic hydroxyl groups is 11. The van der Waals surface area contributed by atoms with Gasteiger partial charge in [0, 0.05) is 6.42 Å². The number of carbonyl (C=O) groups is 1. The second-order valence-electron chi connectivity index (χ2n) is 23.2. The number of hydrogen-bond acceptors (Lipinski definition) is 18. The molecule has 0 saturated carbocycles. The zero-order chi connectivity index (χ0) is 60.5. The Labute approximate surface area is 497 Å². The van der Waals surface area contributed by atoms with Gasteiger partial charge in [0.1, 0.15) is 73.2 Å². The van der Waals surface area contributed by atoms with Crippen LogP contribution in [0.3, 0.4) is 0 Å². The number of unbranched alkanes of at least 4 members (excludes halogenated alkanes) is 26. The van der Waals surface area contributed by atoms with Crippen LogP contribution in [0.2, 0.25) is 0 Å². The largest absolute Gasteiger partial charge is 0.394 e. The van der Waals surface area contributed by atoms with Gasteiger partial charge in [-0.1, -0.05) is 191 Å². The molecule has 19 nitrogen and oxygen atoms in total. The third-order valence-electron chi connectivity index (χ3n) is 16.1. The van der Waals surface area contributed by atoms with Crippen LogP contribution in [0, 0.1) is 0 Å². The Hall–Kier alpha value is -2.25. The first kappa shape index (κ1) is 75.0. The summed E-state index contributed by atoms with van der Waals surface area (Å²) in [6.07, 6.45) is 26.6. The van der Waals surface area contributed by atoms with E-state index < -0.39 is 124 Å². The molecule has 0 spiro atoms. The highest BCUT2D eigenvalue weighted by Gasteiger charge is 2.53. The Morgan fingerprint density at radius 2 is 0.771 bits per heavy atom. The van der Waals surface area contributed by atoms with Gasteiger partial charge in [0.05, 0.1) is 38.6 Å². The van der Waals surface area contributed by atoms with E-state index in [4.69, 9.17) is 28.4 Å². The molecule has 0 aromatic carbocycles. The normalized spacial score (nSPS) is 29.7. The number of nitrogens with one attached hydrogen (secondary N) is 1. The molecule has 0 aromatic rings. The van der Waals surface area contributed by atoms with Crippen LogP contribution >= 0.6 is 0 Å². The minimum Gasteiger partial charge on any atom is -0.394 e.